The fourth-order valence-electron chi connectivity index (χ4n) is 2.37. The lowest BCUT2D eigenvalue weighted by Crippen LogP contribution is -2.11. The molecule has 0 spiro atoms. The van der Waals surface area contributed by atoms with Gasteiger partial charge in [0.15, 0.2) is 0 Å². The summed E-state index contributed by atoms with van der Waals surface area (Å²) in [6, 6.07) is 14.8. The van der Waals surface area contributed by atoms with Gasteiger partial charge in [-0.15, -0.1) is 0 Å². The van der Waals surface area contributed by atoms with Gasteiger partial charge in [0.2, 0.25) is 0 Å². The maximum atomic E-state index is 5.96. The number of ether oxygens (including phenoxy) is 1. The van der Waals surface area contributed by atoms with Gasteiger partial charge in [-0.2, -0.15) is 0 Å². The van der Waals surface area contributed by atoms with Crippen molar-refractivity contribution in [1.29, 1.82) is 0 Å². The highest BCUT2D eigenvalue weighted by Crippen LogP contribution is 2.22. The quantitative estimate of drug-likeness (QED) is 0.641. The van der Waals surface area contributed by atoms with Gasteiger partial charge in [0.25, 0.3) is 0 Å². The maximum absolute atomic E-state index is 5.96. The first kappa shape index (κ1) is 13.9. The maximum Gasteiger partial charge on any atom is 0.119 e. The van der Waals surface area contributed by atoms with E-state index in [-0.39, 0.29) is 0 Å². The van der Waals surface area contributed by atoms with Crippen LogP contribution in [-0.2, 0) is 0 Å². The molecule has 1 heteroatoms. The Balaban J connectivity index is 1.96. The highest BCUT2D eigenvalue weighted by atomic mass is 16.5. The van der Waals surface area contributed by atoms with Crippen molar-refractivity contribution < 1.29 is 4.74 Å². The number of hydrogen-bond acceptors (Lipinski definition) is 1. The second-order valence-corrected chi connectivity index (χ2v) is 5.24. The minimum absolute atomic E-state index is 0.687. The molecule has 0 heterocycles. The molecule has 2 aromatic rings. The van der Waals surface area contributed by atoms with Gasteiger partial charge in [-0.1, -0.05) is 63.4 Å². The highest BCUT2D eigenvalue weighted by molar-refractivity contribution is 5.83. The van der Waals surface area contributed by atoms with Crippen LogP contribution in [0.5, 0.6) is 5.75 Å². The minimum Gasteiger partial charge on any atom is -0.493 e. The summed E-state index contributed by atoms with van der Waals surface area (Å²) in [5, 5.41) is 2.52. The van der Waals surface area contributed by atoms with Gasteiger partial charge in [0, 0.05) is 0 Å². The summed E-state index contributed by atoms with van der Waals surface area (Å²) in [5.41, 5.74) is 0. The molecular formula is C18H24O. The molecule has 0 bridgehead atoms. The zero-order valence-electron chi connectivity index (χ0n) is 12.1. The predicted octanol–water partition coefficient (Wildman–Crippen LogP) is 5.44. The highest BCUT2D eigenvalue weighted by Gasteiger charge is 2.07. The van der Waals surface area contributed by atoms with Gasteiger partial charge in [-0.05, 0) is 35.2 Å². The third kappa shape index (κ3) is 3.99. The fourth-order valence-corrected chi connectivity index (χ4v) is 2.37. The third-order valence-corrected chi connectivity index (χ3v) is 3.75. The van der Waals surface area contributed by atoms with Gasteiger partial charge in [0.05, 0.1) is 6.61 Å². The van der Waals surface area contributed by atoms with Crippen LogP contribution in [0, 0.1) is 5.92 Å². The molecule has 0 aliphatic rings. The summed E-state index contributed by atoms with van der Waals surface area (Å²) in [6.07, 6.45) is 5.06. The molecule has 1 atom stereocenters. The van der Waals surface area contributed by atoms with Crippen LogP contribution in [0.2, 0.25) is 0 Å². The first-order valence-electron chi connectivity index (χ1n) is 7.45. The molecule has 0 aliphatic heterocycles. The number of benzene rings is 2. The Morgan fingerprint density at radius 3 is 2.53 bits per heavy atom. The molecule has 2 rings (SSSR count). The van der Waals surface area contributed by atoms with E-state index in [1.807, 2.05) is 0 Å². The van der Waals surface area contributed by atoms with Crippen LogP contribution in [0.15, 0.2) is 42.5 Å². The average Bonchev–Trinajstić information content (AvgIpc) is 2.47. The topological polar surface area (TPSA) is 9.23 Å². The van der Waals surface area contributed by atoms with Crippen LogP contribution in [0.1, 0.15) is 39.5 Å². The molecule has 0 aliphatic carbocycles. The first-order chi connectivity index (χ1) is 9.33. The van der Waals surface area contributed by atoms with E-state index in [2.05, 4.69) is 56.3 Å². The van der Waals surface area contributed by atoms with Crippen LogP contribution in [-0.4, -0.2) is 6.61 Å². The Morgan fingerprint density at radius 2 is 1.79 bits per heavy atom. The molecule has 0 radical (unpaired) electrons. The van der Waals surface area contributed by atoms with E-state index >= 15 is 0 Å². The largest absolute Gasteiger partial charge is 0.493 e. The van der Waals surface area contributed by atoms with Crippen molar-refractivity contribution in [3.05, 3.63) is 42.5 Å². The van der Waals surface area contributed by atoms with Crippen molar-refractivity contribution in [2.24, 2.45) is 5.92 Å². The van der Waals surface area contributed by atoms with Crippen LogP contribution in [0.4, 0.5) is 0 Å². The van der Waals surface area contributed by atoms with E-state index in [1.54, 1.807) is 0 Å². The Kier molecular flexibility index (Phi) is 5.26. The van der Waals surface area contributed by atoms with E-state index in [1.165, 1.54) is 36.5 Å². The number of hydrogen-bond donors (Lipinski definition) is 0. The van der Waals surface area contributed by atoms with E-state index in [0.29, 0.717) is 5.92 Å². The molecule has 2 aromatic carbocycles. The summed E-state index contributed by atoms with van der Waals surface area (Å²) in [5.74, 6) is 1.68. The second-order valence-electron chi connectivity index (χ2n) is 5.24. The Morgan fingerprint density at radius 1 is 1.00 bits per heavy atom. The second kappa shape index (κ2) is 7.18. The minimum atomic E-state index is 0.687. The van der Waals surface area contributed by atoms with Crippen molar-refractivity contribution in [2.45, 2.75) is 39.5 Å². The number of unbranched alkanes of at least 4 members (excludes halogenated alkanes) is 1. The molecule has 1 nitrogen and oxygen atoms in total. The zero-order chi connectivity index (χ0) is 13.5. The lowest BCUT2D eigenvalue weighted by atomic mass is 10.0. The summed E-state index contributed by atoms with van der Waals surface area (Å²) >= 11 is 0. The van der Waals surface area contributed by atoms with Gasteiger partial charge < -0.3 is 4.74 Å². The number of rotatable bonds is 7. The van der Waals surface area contributed by atoms with Crippen LogP contribution >= 0.6 is 0 Å². The third-order valence-electron chi connectivity index (χ3n) is 3.75. The summed E-state index contributed by atoms with van der Waals surface area (Å²) in [4.78, 5) is 0. The molecule has 0 fully saturated rings. The van der Waals surface area contributed by atoms with Gasteiger partial charge >= 0.3 is 0 Å². The molecule has 0 amide bonds. The van der Waals surface area contributed by atoms with Gasteiger partial charge in [-0.3, -0.25) is 0 Å². The average molecular weight is 256 g/mol. The van der Waals surface area contributed by atoms with Crippen LogP contribution < -0.4 is 4.74 Å². The van der Waals surface area contributed by atoms with E-state index in [0.717, 1.165) is 12.4 Å². The molecule has 0 saturated heterocycles. The van der Waals surface area contributed by atoms with Gasteiger partial charge in [0.1, 0.15) is 5.75 Å². The summed E-state index contributed by atoms with van der Waals surface area (Å²) in [6.45, 7) is 5.34. The number of fused-ring (bicyclic) bond motifs is 1. The standard InChI is InChI=1S/C18H24O/c1-3-5-8-15(4-2)14-19-18-12-11-16-9-6-7-10-17(16)13-18/h6-7,9-13,15H,3-5,8,14H2,1-2H3. The lowest BCUT2D eigenvalue weighted by molar-refractivity contribution is 0.233. The van der Waals surface area contributed by atoms with E-state index in [4.69, 9.17) is 4.74 Å². The first-order valence-corrected chi connectivity index (χ1v) is 7.45. The van der Waals surface area contributed by atoms with Crippen LogP contribution in [0.25, 0.3) is 10.8 Å². The predicted molar refractivity (Wildman–Crippen MR) is 82.7 cm³/mol. The van der Waals surface area contributed by atoms with Crippen molar-refractivity contribution in [3.63, 3.8) is 0 Å². The summed E-state index contributed by atoms with van der Waals surface area (Å²) < 4.78 is 5.96. The normalized spacial score (nSPS) is 12.5. The SMILES string of the molecule is CCCCC(CC)COc1ccc2ccccc2c1. The van der Waals surface area contributed by atoms with Gasteiger partial charge in [-0.25, -0.2) is 0 Å². The van der Waals surface area contributed by atoms with Crippen molar-refractivity contribution in [1.82, 2.24) is 0 Å². The molecule has 0 aromatic heterocycles. The van der Waals surface area contributed by atoms with E-state index < -0.39 is 0 Å². The van der Waals surface area contributed by atoms with Crippen molar-refractivity contribution in [2.75, 3.05) is 6.61 Å². The molecule has 102 valence electrons. The fraction of sp³-hybridized carbons (Fsp3) is 0.444. The smallest absolute Gasteiger partial charge is 0.119 e. The molecule has 0 N–H and O–H groups in total. The summed E-state index contributed by atoms with van der Waals surface area (Å²) in [7, 11) is 0. The Bertz CT molecular complexity index is 504. The molecule has 1 unspecified atom stereocenters. The van der Waals surface area contributed by atoms with Crippen LogP contribution in [0.3, 0.4) is 0 Å². The molecule has 0 saturated carbocycles. The Labute approximate surface area is 116 Å². The van der Waals surface area contributed by atoms with Crippen molar-refractivity contribution in [3.8, 4) is 5.75 Å². The van der Waals surface area contributed by atoms with Crippen molar-refractivity contribution >= 4 is 10.8 Å². The molecule has 19 heavy (non-hydrogen) atoms. The Hall–Kier alpha value is -1.50. The van der Waals surface area contributed by atoms with E-state index in [9.17, 15) is 0 Å². The monoisotopic (exact) mass is 256 g/mol. The zero-order valence-corrected chi connectivity index (χ0v) is 12.1. The molecular weight excluding hydrogens is 232 g/mol. The lowest BCUT2D eigenvalue weighted by Gasteiger charge is -2.15.